The number of hydrogen-bond acceptors (Lipinski definition) is 3. The van der Waals surface area contributed by atoms with Crippen molar-refractivity contribution in [3.05, 3.63) is 0 Å². The van der Waals surface area contributed by atoms with Gasteiger partial charge in [-0.25, -0.2) is 4.79 Å². The first kappa shape index (κ1) is 13.2. The molecule has 3 N–H and O–H groups in total. The third-order valence-corrected chi connectivity index (χ3v) is 2.45. The van der Waals surface area contributed by atoms with Crippen LogP contribution >= 0.6 is 0 Å². The van der Waals surface area contributed by atoms with E-state index in [2.05, 4.69) is 5.32 Å². The summed E-state index contributed by atoms with van der Waals surface area (Å²) in [7, 11) is 0. The lowest BCUT2D eigenvalue weighted by Gasteiger charge is -2.31. The van der Waals surface area contributed by atoms with Crippen molar-refractivity contribution in [3.8, 4) is 0 Å². The van der Waals surface area contributed by atoms with Gasteiger partial charge in [0.2, 0.25) is 0 Å². The van der Waals surface area contributed by atoms with Crippen LogP contribution in [-0.2, 0) is 4.74 Å². The molecule has 0 aromatic carbocycles. The Labute approximate surface area is 86.2 Å². The molecule has 4 heteroatoms. The van der Waals surface area contributed by atoms with E-state index in [1.54, 1.807) is 0 Å². The van der Waals surface area contributed by atoms with Gasteiger partial charge in [-0.2, -0.15) is 0 Å². The number of alkyl carbamates (subject to hydrolysis) is 1. The second-order valence-electron chi connectivity index (χ2n) is 3.77. The number of nitrogens with one attached hydrogen (secondary N) is 1. The Hall–Kier alpha value is -0.770. The topological polar surface area (TPSA) is 64.3 Å². The molecule has 1 amide bonds. The number of amides is 1. The summed E-state index contributed by atoms with van der Waals surface area (Å²) >= 11 is 0. The number of nitrogens with two attached hydrogens (primary N) is 1. The van der Waals surface area contributed by atoms with E-state index in [4.69, 9.17) is 10.5 Å². The van der Waals surface area contributed by atoms with Gasteiger partial charge in [0.15, 0.2) is 0 Å². The number of carbonyl (C=O) groups excluding carboxylic acids is 1. The molecule has 0 rings (SSSR count). The summed E-state index contributed by atoms with van der Waals surface area (Å²) in [5, 5.41) is 2.82. The molecule has 0 saturated heterocycles. The summed E-state index contributed by atoms with van der Waals surface area (Å²) in [5.74, 6) is 0. The van der Waals surface area contributed by atoms with Crippen LogP contribution in [0.25, 0.3) is 0 Å². The van der Waals surface area contributed by atoms with Crippen molar-refractivity contribution < 1.29 is 9.53 Å². The molecule has 0 heterocycles. The van der Waals surface area contributed by atoms with E-state index < -0.39 is 0 Å². The second kappa shape index (κ2) is 5.86. The number of hydrogen-bond donors (Lipinski definition) is 2. The highest BCUT2D eigenvalue weighted by atomic mass is 16.6. The van der Waals surface area contributed by atoms with Crippen LogP contribution in [0.1, 0.15) is 40.5 Å². The second-order valence-corrected chi connectivity index (χ2v) is 3.77. The van der Waals surface area contributed by atoms with Crippen molar-refractivity contribution in [2.45, 2.75) is 52.2 Å². The van der Waals surface area contributed by atoms with Crippen molar-refractivity contribution in [2.75, 3.05) is 6.54 Å². The molecular weight excluding hydrogens is 180 g/mol. The monoisotopic (exact) mass is 202 g/mol. The van der Waals surface area contributed by atoms with Gasteiger partial charge in [-0.05, 0) is 26.7 Å². The van der Waals surface area contributed by atoms with Crippen LogP contribution in [0.2, 0.25) is 0 Å². The molecule has 0 unspecified atom stereocenters. The smallest absolute Gasteiger partial charge is 0.407 e. The molecule has 0 saturated carbocycles. The predicted molar refractivity (Wildman–Crippen MR) is 57.1 cm³/mol. The molecular formula is C10H22N2O2. The van der Waals surface area contributed by atoms with Crippen LogP contribution in [0, 0.1) is 0 Å². The molecule has 0 spiro atoms. The van der Waals surface area contributed by atoms with E-state index in [1.807, 2.05) is 27.7 Å². The number of carbonyl (C=O) groups is 1. The Bertz CT molecular complexity index is 169. The first-order chi connectivity index (χ1) is 6.49. The maximum absolute atomic E-state index is 11.4. The van der Waals surface area contributed by atoms with Crippen molar-refractivity contribution >= 4 is 6.09 Å². The van der Waals surface area contributed by atoms with E-state index in [9.17, 15) is 4.79 Å². The third kappa shape index (κ3) is 3.96. The van der Waals surface area contributed by atoms with Crippen LogP contribution in [0.4, 0.5) is 4.79 Å². The zero-order valence-corrected chi connectivity index (χ0v) is 9.59. The lowest BCUT2D eigenvalue weighted by atomic mass is 9.93. The first-order valence-electron chi connectivity index (χ1n) is 5.18. The normalized spacial score (nSPS) is 11.6. The first-order valence-corrected chi connectivity index (χ1v) is 5.18. The Kier molecular flexibility index (Phi) is 5.53. The van der Waals surface area contributed by atoms with Gasteiger partial charge < -0.3 is 15.8 Å². The molecule has 14 heavy (non-hydrogen) atoms. The van der Waals surface area contributed by atoms with Crippen molar-refractivity contribution in [1.29, 1.82) is 0 Å². The van der Waals surface area contributed by atoms with E-state index in [1.165, 1.54) is 0 Å². The molecule has 0 atom stereocenters. The summed E-state index contributed by atoms with van der Waals surface area (Å²) in [4.78, 5) is 11.4. The molecule has 0 aromatic heterocycles. The summed E-state index contributed by atoms with van der Waals surface area (Å²) in [6.07, 6.45) is 1.15. The van der Waals surface area contributed by atoms with Crippen LogP contribution in [0.15, 0.2) is 0 Å². The van der Waals surface area contributed by atoms with Gasteiger partial charge in [0, 0.05) is 6.54 Å². The molecule has 0 aliphatic heterocycles. The SMILES string of the molecule is CCC(CC)(CN)NC(=O)OC(C)C. The number of rotatable bonds is 5. The van der Waals surface area contributed by atoms with Crippen molar-refractivity contribution in [1.82, 2.24) is 5.32 Å². The molecule has 0 radical (unpaired) electrons. The zero-order chi connectivity index (χ0) is 11.2. The van der Waals surface area contributed by atoms with Crippen LogP contribution in [0.5, 0.6) is 0 Å². The van der Waals surface area contributed by atoms with Gasteiger partial charge in [0.25, 0.3) is 0 Å². The Morgan fingerprint density at radius 1 is 1.43 bits per heavy atom. The maximum Gasteiger partial charge on any atom is 0.407 e. The Morgan fingerprint density at radius 2 is 1.93 bits per heavy atom. The van der Waals surface area contributed by atoms with Crippen LogP contribution in [-0.4, -0.2) is 24.3 Å². The van der Waals surface area contributed by atoms with Gasteiger partial charge in [-0.3, -0.25) is 0 Å². The molecule has 0 aromatic rings. The van der Waals surface area contributed by atoms with Crippen LogP contribution in [0.3, 0.4) is 0 Å². The average Bonchev–Trinajstić information content (AvgIpc) is 2.13. The Balaban J connectivity index is 4.22. The fourth-order valence-electron chi connectivity index (χ4n) is 1.23. The largest absolute Gasteiger partial charge is 0.447 e. The minimum Gasteiger partial charge on any atom is -0.447 e. The number of ether oxygens (including phenoxy) is 1. The minimum absolute atomic E-state index is 0.0980. The van der Waals surface area contributed by atoms with E-state index >= 15 is 0 Å². The van der Waals surface area contributed by atoms with Crippen molar-refractivity contribution in [3.63, 3.8) is 0 Å². The lowest BCUT2D eigenvalue weighted by molar-refractivity contribution is 0.103. The zero-order valence-electron chi connectivity index (χ0n) is 9.59. The van der Waals surface area contributed by atoms with Gasteiger partial charge >= 0.3 is 6.09 Å². The highest BCUT2D eigenvalue weighted by Crippen LogP contribution is 2.13. The maximum atomic E-state index is 11.4. The van der Waals surface area contributed by atoms with E-state index in [0.29, 0.717) is 6.54 Å². The van der Waals surface area contributed by atoms with Crippen molar-refractivity contribution in [2.24, 2.45) is 5.73 Å². The standard InChI is InChI=1S/C10H22N2O2/c1-5-10(6-2,7-11)12-9(13)14-8(3)4/h8H,5-7,11H2,1-4H3,(H,12,13). The highest BCUT2D eigenvalue weighted by Gasteiger charge is 2.27. The average molecular weight is 202 g/mol. The van der Waals surface area contributed by atoms with Gasteiger partial charge in [0.1, 0.15) is 0 Å². The predicted octanol–water partition coefficient (Wildman–Crippen LogP) is 1.64. The highest BCUT2D eigenvalue weighted by molar-refractivity contribution is 5.68. The molecule has 0 aliphatic carbocycles. The minimum atomic E-state index is -0.380. The molecule has 0 aliphatic rings. The van der Waals surface area contributed by atoms with Crippen LogP contribution < -0.4 is 11.1 Å². The molecule has 84 valence electrons. The van der Waals surface area contributed by atoms with Gasteiger partial charge in [-0.1, -0.05) is 13.8 Å². The summed E-state index contributed by atoms with van der Waals surface area (Å²) in [6.45, 7) is 8.09. The summed E-state index contributed by atoms with van der Waals surface area (Å²) in [5.41, 5.74) is 5.32. The van der Waals surface area contributed by atoms with E-state index in [0.717, 1.165) is 12.8 Å². The van der Waals surface area contributed by atoms with Gasteiger partial charge in [-0.15, -0.1) is 0 Å². The fraction of sp³-hybridized carbons (Fsp3) is 0.900. The van der Waals surface area contributed by atoms with E-state index in [-0.39, 0.29) is 17.7 Å². The molecule has 4 nitrogen and oxygen atoms in total. The quantitative estimate of drug-likeness (QED) is 0.712. The summed E-state index contributed by atoms with van der Waals surface area (Å²) in [6, 6.07) is 0. The fourth-order valence-corrected chi connectivity index (χ4v) is 1.23. The molecule has 0 fully saturated rings. The Morgan fingerprint density at radius 3 is 2.21 bits per heavy atom. The van der Waals surface area contributed by atoms with Gasteiger partial charge in [0.05, 0.1) is 11.6 Å². The third-order valence-electron chi connectivity index (χ3n) is 2.45. The molecule has 0 bridgehead atoms. The lowest BCUT2D eigenvalue weighted by Crippen LogP contribution is -2.53. The summed E-state index contributed by atoms with van der Waals surface area (Å²) < 4.78 is 5.01.